The molecule has 2 rings (SSSR count). The van der Waals surface area contributed by atoms with Gasteiger partial charge in [-0.3, -0.25) is 11.3 Å². The van der Waals surface area contributed by atoms with Crippen LogP contribution in [0.4, 0.5) is 4.39 Å². The zero-order chi connectivity index (χ0) is 14.8. The van der Waals surface area contributed by atoms with Crippen molar-refractivity contribution < 1.29 is 4.39 Å². The van der Waals surface area contributed by atoms with Gasteiger partial charge in [-0.05, 0) is 48.3 Å². The molecule has 20 heavy (non-hydrogen) atoms. The van der Waals surface area contributed by atoms with E-state index in [1.807, 2.05) is 0 Å². The van der Waals surface area contributed by atoms with Gasteiger partial charge in [-0.15, -0.1) is 0 Å². The average molecular weight is 299 g/mol. The summed E-state index contributed by atoms with van der Waals surface area (Å²) in [5.74, 6) is 5.95. The lowest BCUT2D eigenvalue weighted by Gasteiger charge is -2.43. The molecule has 1 aliphatic carbocycles. The zero-order valence-corrected chi connectivity index (χ0v) is 13.0. The van der Waals surface area contributed by atoms with Gasteiger partial charge in [0.25, 0.3) is 0 Å². The van der Waals surface area contributed by atoms with Crippen LogP contribution in [0.1, 0.15) is 45.1 Å². The van der Waals surface area contributed by atoms with Crippen molar-refractivity contribution in [2.75, 3.05) is 0 Å². The van der Waals surface area contributed by atoms with Crippen molar-refractivity contribution in [3.8, 4) is 0 Å². The van der Waals surface area contributed by atoms with E-state index in [9.17, 15) is 4.39 Å². The van der Waals surface area contributed by atoms with E-state index in [4.69, 9.17) is 17.4 Å². The van der Waals surface area contributed by atoms with Crippen LogP contribution < -0.4 is 11.3 Å². The van der Waals surface area contributed by atoms with Gasteiger partial charge in [-0.2, -0.15) is 0 Å². The Balaban J connectivity index is 2.13. The molecule has 0 aliphatic heterocycles. The summed E-state index contributed by atoms with van der Waals surface area (Å²) in [6.45, 7) is 4.64. The van der Waals surface area contributed by atoms with E-state index in [1.54, 1.807) is 12.1 Å². The minimum atomic E-state index is -0.370. The third-order valence-corrected chi connectivity index (χ3v) is 5.02. The molecule has 112 valence electrons. The highest BCUT2D eigenvalue weighted by Crippen LogP contribution is 2.42. The second-order valence-electron chi connectivity index (χ2n) is 6.57. The molecular weight excluding hydrogens is 275 g/mol. The lowest BCUT2D eigenvalue weighted by molar-refractivity contribution is 0.0982. The molecule has 1 fully saturated rings. The van der Waals surface area contributed by atoms with E-state index in [-0.39, 0.29) is 16.9 Å². The lowest BCUT2D eigenvalue weighted by Crippen LogP contribution is -2.48. The zero-order valence-electron chi connectivity index (χ0n) is 12.3. The Bertz CT molecular complexity index is 462. The number of nitrogens with two attached hydrogens (primary N) is 1. The van der Waals surface area contributed by atoms with E-state index < -0.39 is 0 Å². The predicted molar refractivity (Wildman–Crippen MR) is 82.0 cm³/mol. The summed E-state index contributed by atoms with van der Waals surface area (Å²) in [6, 6.07) is 5.13. The van der Waals surface area contributed by atoms with Gasteiger partial charge in [0.15, 0.2) is 0 Å². The summed E-state index contributed by atoms with van der Waals surface area (Å²) in [4.78, 5) is 0. The van der Waals surface area contributed by atoms with Crippen LogP contribution in [0.5, 0.6) is 0 Å². The van der Waals surface area contributed by atoms with Crippen molar-refractivity contribution in [3.63, 3.8) is 0 Å². The van der Waals surface area contributed by atoms with Crippen LogP contribution in [0.15, 0.2) is 18.2 Å². The molecule has 0 amide bonds. The van der Waals surface area contributed by atoms with Gasteiger partial charge in [0.05, 0.1) is 5.02 Å². The standard InChI is InChI=1S/C16H24ClFN2/c1-16(2)8-4-3-5-12(16)15(20-19)10-11-6-7-14(18)13(17)9-11/h6-7,9,12,15,20H,3-5,8,10,19H2,1-2H3. The van der Waals surface area contributed by atoms with Gasteiger partial charge in [0.2, 0.25) is 0 Å². The third kappa shape index (κ3) is 3.51. The van der Waals surface area contributed by atoms with Gasteiger partial charge < -0.3 is 0 Å². The van der Waals surface area contributed by atoms with E-state index in [1.165, 1.54) is 31.7 Å². The molecule has 2 unspecified atom stereocenters. The largest absolute Gasteiger partial charge is 0.271 e. The quantitative estimate of drug-likeness (QED) is 0.649. The number of halogens is 2. The molecule has 1 aromatic rings. The molecule has 0 saturated heterocycles. The van der Waals surface area contributed by atoms with Crippen LogP contribution in [0.3, 0.4) is 0 Å². The Morgan fingerprint density at radius 1 is 1.45 bits per heavy atom. The molecule has 1 aromatic carbocycles. The summed E-state index contributed by atoms with van der Waals surface area (Å²) in [6.07, 6.45) is 5.76. The SMILES string of the molecule is CC1(C)CCCCC1C(Cc1ccc(F)c(Cl)c1)NN. The first-order valence-corrected chi connectivity index (χ1v) is 7.72. The van der Waals surface area contributed by atoms with Crippen LogP contribution in [0.25, 0.3) is 0 Å². The molecule has 0 heterocycles. The Hall–Kier alpha value is -0.640. The van der Waals surface area contributed by atoms with Crippen LogP contribution in [0, 0.1) is 17.2 Å². The van der Waals surface area contributed by atoms with Gasteiger partial charge in [-0.1, -0.05) is 44.4 Å². The van der Waals surface area contributed by atoms with Crippen molar-refractivity contribution in [1.29, 1.82) is 0 Å². The van der Waals surface area contributed by atoms with Gasteiger partial charge >= 0.3 is 0 Å². The minimum Gasteiger partial charge on any atom is -0.271 e. The fourth-order valence-electron chi connectivity index (χ4n) is 3.50. The summed E-state index contributed by atoms with van der Waals surface area (Å²) in [5.41, 5.74) is 4.29. The molecule has 3 N–H and O–H groups in total. The molecule has 2 nitrogen and oxygen atoms in total. The maximum absolute atomic E-state index is 13.2. The lowest BCUT2D eigenvalue weighted by atomic mass is 9.65. The Morgan fingerprint density at radius 2 is 2.20 bits per heavy atom. The van der Waals surface area contributed by atoms with E-state index in [0.717, 1.165) is 12.0 Å². The first kappa shape index (κ1) is 15.7. The maximum atomic E-state index is 13.2. The minimum absolute atomic E-state index is 0.182. The number of hydrogen-bond donors (Lipinski definition) is 2. The first-order chi connectivity index (χ1) is 9.44. The molecular formula is C16H24ClFN2. The predicted octanol–water partition coefficient (Wildman–Crippen LogP) is 4.07. The van der Waals surface area contributed by atoms with Crippen molar-refractivity contribution in [2.45, 2.75) is 52.0 Å². The number of benzene rings is 1. The van der Waals surface area contributed by atoms with Gasteiger partial charge in [0.1, 0.15) is 5.82 Å². The van der Waals surface area contributed by atoms with Gasteiger partial charge in [0, 0.05) is 6.04 Å². The molecule has 0 bridgehead atoms. The van der Waals surface area contributed by atoms with Crippen LogP contribution >= 0.6 is 11.6 Å². The average Bonchev–Trinajstić information content (AvgIpc) is 2.40. The van der Waals surface area contributed by atoms with Crippen molar-refractivity contribution in [3.05, 3.63) is 34.6 Å². The maximum Gasteiger partial charge on any atom is 0.141 e. The second-order valence-corrected chi connectivity index (χ2v) is 6.97. The summed E-state index contributed by atoms with van der Waals surface area (Å²) in [5, 5.41) is 0.182. The smallest absolute Gasteiger partial charge is 0.141 e. The third-order valence-electron chi connectivity index (χ3n) is 4.73. The number of hydrazine groups is 1. The molecule has 0 spiro atoms. The molecule has 0 aromatic heterocycles. The Kier molecular flexibility index (Phi) is 5.05. The van der Waals surface area contributed by atoms with Crippen LogP contribution in [0.2, 0.25) is 5.02 Å². The number of hydrogen-bond acceptors (Lipinski definition) is 2. The fourth-order valence-corrected chi connectivity index (χ4v) is 3.71. The van der Waals surface area contributed by atoms with E-state index in [2.05, 4.69) is 19.3 Å². The first-order valence-electron chi connectivity index (χ1n) is 7.34. The van der Waals surface area contributed by atoms with Crippen molar-refractivity contribution in [2.24, 2.45) is 17.2 Å². The number of nitrogens with one attached hydrogen (secondary N) is 1. The molecule has 1 saturated carbocycles. The normalized spacial score (nSPS) is 23.6. The Labute approximate surface area is 125 Å². The molecule has 1 aliphatic rings. The second kappa shape index (κ2) is 6.42. The van der Waals surface area contributed by atoms with E-state index in [0.29, 0.717) is 11.3 Å². The summed E-state index contributed by atoms with van der Waals surface area (Å²) >= 11 is 5.86. The molecule has 0 radical (unpaired) electrons. The summed E-state index contributed by atoms with van der Waals surface area (Å²) in [7, 11) is 0. The van der Waals surface area contributed by atoms with Crippen LogP contribution in [-0.4, -0.2) is 6.04 Å². The van der Waals surface area contributed by atoms with Gasteiger partial charge in [-0.25, -0.2) is 4.39 Å². The number of rotatable bonds is 4. The molecule has 2 atom stereocenters. The molecule has 4 heteroatoms. The van der Waals surface area contributed by atoms with Crippen LogP contribution in [-0.2, 0) is 6.42 Å². The summed E-state index contributed by atoms with van der Waals surface area (Å²) < 4.78 is 13.2. The monoisotopic (exact) mass is 298 g/mol. The van der Waals surface area contributed by atoms with Crippen molar-refractivity contribution >= 4 is 11.6 Å². The highest BCUT2D eigenvalue weighted by atomic mass is 35.5. The Morgan fingerprint density at radius 3 is 2.80 bits per heavy atom. The highest BCUT2D eigenvalue weighted by Gasteiger charge is 2.37. The topological polar surface area (TPSA) is 38.0 Å². The van der Waals surface area contributed by atoms with E-state index >= 15 is 0 Å². The van der Waals surface area contributed by atoms with Crippen molar-refractivity contribution in [1.82, 2.24) is 5.43 Å². The highest BCUT2D eigenvalue weighted by molar-refractivity contribution is 6.30. The fraction of sp³-hybridized carbons (Fsp3) is 0.625.